The van der Waals surface area contributed by atoms with Crippen molar-refractivity contribution in [3.05, 3.63) is 29.3 Å². The summed E-state index contributed by atoms with van der Waals surface area (Å²) in [6, 6.07) is 6.90. The first-order valence-electron chi connectivity index (χ1n) is 8.42. The standard InChI is InChI=1S/C18H29N3O/c1-4-22-17-11-10-15(12-14(17)2)13-20-18(19-3)21-16-8-6-5-7-9-16/h10-12,16H,4-9,13H2,1-3H3,(H2,19,20,21). The summed E-state index contributed by atoms with van der Waals surface area (Å²) in [5.74, 6) is 1.87. The minimum absolute atomic E-state index is 0.571. The molecule has 1 aliphatic carbocycles. The molecule has 0 radical (unpaired) electrons. The molecule has 4 heteroatoms. The molecule has 122 valence electrons. The number of hydrogen-bond acceptors (Lipinski definition) is 2. The van der Waals surface area contributed by atoms with Gasteiger partial charge in [-0.3, -0.25) is 4.99 Å². The van der Waals surface area contributed by atoms with Crippen LogP contribution in [0.1, 0.15) is 50.2 Å². The molecule has 1 aromatic rings. The number of nitrogens with zero attached hydrogens (tertiary/aromatic N) is 1. The van der Waals surface area contributed by atoms with Gasteiger partial charge in [-0.25, -0.2) is 0 Å². The van der Waals surface area contributed by atoms with Crippen LogP contribution in [0, 0.1) is 6.92 Å². The minimum Gasteiger partial charge on any atom is -0.494 e. The van der Waals surface area contributed by atoms with Crippen molar-refractivity contribution in [3.63, 3.8) is 0 Å². The summed E-state index contributed by atoms with van der Waals surface area (Å²) in [4.78, 5) is 4.34. The van der Waals surface area contributed by atoms with E-state index in [4.69, 9.17) is 4.74 Å². The maximum absolute atomic E-state index is 5.58. The first-order valence-corrected chi connectivity index (χ1v) is 8.42. The number of nitrogens with one attached hydrogen (secondary N) is 2. The summed E-state index contributed by atoms with van der Waals surface area (Å²) in [6.07, 6.45) is 6.53. The average Bonchev–Trinajstić information content (AvgIpc) is 2.55. The highest BCUT2D eigenvalue weighted by Crippen LogP contribution is 2.19. The third-order valence-electron chi connectivity index (χ3n) is 4.17. The number of aliphatic imine (C=N–C) groups is 1. The van der Waals surface area contributed by atoms with E-state index in [-0.39, 0.29) is 0 Å². The number of benzene rings is 1. The SMILES string of the molecule is CCOc1ccc(CNC(=NC)NC2CCCCC2)cc1C. The Bertz CT molecular complexity index is 493. The molecular formula is C18H29N3O. The van der Waals surface area contributed by atoms with Gasteiger partial charge in [-0.15, -0.1) is 0 Å². The van der Waals surface area contributed by atoms with Crippen LogP contribution in [0.3, 0.4) is 0 Å². The van der Waals surface area contributed by atoms with Gasteiger partial charge in [-0.2, -0.15) is 0 Å². The highest BCUT2D eigenvalue weighted by atomic mass is 16.5. The van der Waals surface area contributed by atoms with E-state index in [1.807, 2.05) is 20.0 Å². The predicted octanol–water partition coefficient (Wildman–Crippen LogP) is 3.39. The molecule has 0 amide bonds. The van der Waals surface area contributed by atoms with E-state index < -0.39 is 0 Å². The van der Waals surface area contributed by atoms with Crippen LogP contribution < -0.4 is 15.4 Å². The largest absolute Gasteiger partial charge is 0.494 e. The van der Waals surface area contributed by atoms with Crippen LogP contribution >= 0.6 is 0 Å². The van der Waals surface area contributed by atoms with E-state index in [0.29, 0.717) is 12.6 Å². The first kappa shape index (κ1) is 16.7. The van der Waals surface area contributed by atoms with E-state index in [1.165, 1.54) is 43.2 Å². The molecule has 22 heavy (non-hydrogen) atoms. The fourth-order valence-electron chi connectivity index (χ4n) is 2.96. The van der Waals surface area contributed by atoms with Gasteiger partial charge in [0.1, 0.15) is 5.75 Å². The van der Waals surface area contributed by atoms with Gasteiger partial charge in [0, 0.05) is 19.6 Å². The Morgan fingerprint density at radius 1 is 1.27 bits per heavy atom. The summed E-state index contributed by atoms with van der Waals surface area (Å²) in [6.45, 7) is 5.58. The Hall–Kier alpha value is -1.71. The van der Waals surface area contributed by atoms with Crippen LogP contribution in [0.25, 0.3) is 0 Å². The average molecular weight is 303 g/mol. The molecule has 0 aromatic heterocycles. The monoisotopic (exact) mass is 303 g/mol. The van der Waals surface area contributed by atoms with Crippen LogP contribution in [-0.2, 0) is 6.54 Å². The smallest absolute Gasteiger partial charge is 0.191 e. The lowest BCUT2D eigenvalue weighted by Gasteiger charge is -2.25. The minimum atomic E-state index is 0.571. The molecule has 4 nitrogen and oxygen atoms in total. The van der Waals surface area contributed by atoms with Crippen molar-refractivity contribution in [1.82, 2.24) is 10.6 Å². The molecule has 0 bridgehead atoms. The van der Waals surface area contributed by atoms with E-state index in [0.717, 1.165) is 18.3 Å². The molecule has 0 unspecified atom stereocenters. The molecule has 0 saturated heterocycles. The highest BCUT2D eigenvalue weighted by molar-refractivity contribution is 5.79. The second kappa shape index (κ2) is 8.66. The lowest BCUT2D eigenvalue weighted by molar-refractivity contribution is 0.338. The Balaban J connectivity index is 1.86. The zero-order valence-electron chi connectivity index (χ0n) is 14.1. The molecule has 2 N–H and O–H groups in total. The van der Waals surface area contributed by atoms with E-state index >= 15 is 0 Å². The normalized spacial score (nSPS) is 16.4. The summed E-state index contributed by atoms with van der Waals surface area (Å²) in [7, 11) is 1.83. The molecular weight excluding hydrogens is 274 g/mol. The lowest BCUT2D eigenvalue weighted by atomic mass is 9.96. The van der Waals surface area contributed by atoms with Crippen LogP contribution in [0.5, 0.6) is 5.75 Å². The van der Waals surface area contributed by atoms with Crippen molar-refractivity contribution in [3.8, 4) is 5.75 Å². The number of rotatable bonds is 5. The fraction of sp³-hybridized carbons (Fsp3) is 0.611. The molecule has 1 aromatic carbocycles. The molecule has 2 rings (SSSR count). The van der Waals surface area contributed by atoms with Gasteiger partial charge in [0.2, 0.25) is 0 Å². The quantitative estimate of drug-likeness (QED) is 0.647. The van der Waals surface area contributed by atoms with Crippen molar-refractivity contribution in [2.45, 2.75) is 58.5 Å². The topological polar surface area (TPSA) is 45.6 Å². The molecule has 0 heterocycles. The van der Waals surface area contributed by atoms with Gasteiger partial charge >= 0.3 is 0 Å². The summed E-state index contributed by atoms with van der Waals surface area (Å²) in [5.41, 5.74) is 2.42. The molecule has 0 atom stereocenters. The predicted molar refractivity (Wildman–Crippen MR) is 92.6 cm³/mol. The summed E-state index contributed by atoms with van der Waals surface area (Å²) < 4.78 is 5.58. The Labute approximate surface area is 134 Å². The maximum atomic E-state index is 5.58. The number of hydrogen-bond donors (Lipinski definition) is 2. The van der Waals surface area contributed by atoms with E-state index in [2.05, 4.69) is 34.7 Å². The Morgan fingerprint density at radius 3 is 2.68 bits per heavy atom. The van der Waals surface area contributed by atoms with E-state index in [9.17, 15) is 0 Å². The van der Waals surface area contributed by atoms with Crippen LogP contribution in [0.4, 0.5) is 0 Å². The Kier molecular flexibility index (Phi) is 6.56. The van der Waals surface area contributed by atoms with Crippen molar-refractivity contribution < 1.29 is 4.74 Å². The van der Waals surface area contributed by atoms with Crippen molar-refractivity contribution in [2.24, 2.45) is 4.99 Å². The zero-order valence-corrected chi connectivity index (χ0v) is 14.1. The van der Waals surface area contributed by atoms with Crippen LogP contribution in [-0.4, -0.2) is 25.7 Å². The van der Waals surface area contributed by atoms with Gasteiger partial charge in [0.15, 0.2) is 5.96 Å². The second-order valence-electron chi connectivity index (χ2n) is 5.94. The van der Waals surface area contributed by atoms with Crippen molar-refractivity contribution >= 4 is 5.96 Å². The number of ether oxygens (including phenoxy) is 1. The molecule has 0 aliphatic heterocycles. The molecule has 1 saturated carbocycles. The third-order valence-corrected chi connectivity index (χ3v) is 4.17. The van der Waals surface area contributed by atoms with Gasteiger partial charge in [-0.05, 0) is 43.9 Å². The third kappa shape index (κ3) is 4.93. The van der Waals surface area contributed by atoms with E-state index in [1.54, 1.807) is 0 Å². The Morgan fingerprint density at radius 2 is 2.05 bits per heavy atom. The number of guanidine groups is 1. The van der Waals surface area contributed by atoms with Gasteiger partial charge in [0.05, 0.1) is 6.61 Å². The second-order valence-corrected chi connectivity index (χ2v) is 5.94. The van der Waals surface area contributed by atoms with Gasteiger partial charge < -0.3 is 15.4 Å². The van der Waals surface area contributed by atoms with Crippen LogP contribution in [0.2, 0.25) is 0 Å². The van der Waals surface area contributed by atoms with Crippen molar-refractivity contribution in [2.75, 3.05) is 13.7 Å². The first-order chi connectivity index (χ1) is 10.7. The summed E-state index contributed by atoms with van der Waals surface area (Å²) in [5, 5.41) is 6.95. The lowest BCUT2D eigenvalue weighted by Crippen LogP contribution is -2.43. The zero-order chi connectivity index (χ0) is 15.8. The number of aryl methyl sites for hydroxylation is 1. The summed E-state index contributed by atoms with van der Waals surface area (Å²) >= 11 is 0. The van der Waals surface area contributed by atoms with Gasteiger partial charge in [-0.1, -0.05) is 31.4 Å². The highest BCUT2D eigenvalue weighted by Gasteiger charge is 2.14. The molecule has 1 fully saturated rings. The van der Waals surface area contributed by atoms with Crippen LogP contribution in [0.15, 0.2) is 23.2 Å². The molecule has 0 spiro atoms. The molecule has 1 aliphatic rings. The maximum Gasteiger partial charge on any atom is 0.191 e. The van der Waals surface area contributed by atoms with Gasteiger partial charge in [0.25, 0.3) is 0 Å². The fourth-order valence-corrected chi connectivity index (χ4v) is 2.96. The van der Waals surface area contributed by atoms with Crippen molar-refractivity contribution in [1.29, 1.82) is 0 Å².